The lowest BCUT2D eigenvalue weighted by atomic mass is 10.0. The highest BCUT2D eigenvalue weighted by atomic mass is 16.7. The Bertz CT molecular complexity index is 559. The zero-order valence-corrected chi connectivity index (χ0v) is 15.6. The second-order valence-electron chi connectivity index (χ2n) is 6.21. The van der Waals surface area contributed by atoms with Gasteiger partial charge in [-0.05, 0) is 32.1 Å². The van der Waals surface area contributed by atoms with E-state index in [2.05, 4.69) is 30.9 Å². The molecule has 0 aromatic rings. The molecule has 0 radical (unpaired) electrons. The topological polar surface area (TPSA) is 72.8 Å². The molecule has 0 spiro atoms. The zero-order chi connectivity index (χ0) is 19.3. The molecule has 1 heterocycles. The highest BCUT2D eigenvalue weighted by Gasteiger charge is 2.49. The average molecular weight is 362 g/mol. The summed E-state index contributed by atoms with van der Waals surface area (Å²) in [7, 11) is 1.29. The van der Waals surface area contributed by atoms with Crippen molar-refractivity contribution < 1.29 is 24.2 Å². The Morgan fingerprint density at radius 3 is 2.54 bits per heavy atom. The van der Waals surface area contributed by atoms with Crippen LogP contribution in [0.15, 0.2) is 48.8 Å². The monoisotopic (exact) mass is 362 g/mol. The van der Waals surface area contributed by atoms with Crippen molar-refractivity contribution in [3.05, 3.63) is 48.8 Å². The van der Waals surface area contributed by atoms with Gasteiger partial charge in [0.15, 0.2) is 5.76 Å². The van der Waals surface area contributed by atoms with Gasteiger partial charge in [-0.2, -0.15) is 0 Å². The maximum Gasteiger partial charge on any atom is 0.337 e. The highest BCUT2D eigenvalue weighted by molar-refractivity contribution is 5.97. The van der Waals surface area contributed by atoms with Crippen LogP contribution in [0.1, 0.15) is 57.8 Å². The number of unbranched alkanes of at least 4 members (excludes halogenated alkanes) is 5. The molecule has 1 rings (SSSR count). The molecule has 0 saturated carbocycles. The van der Waals surface area contributed by atoms with Crippen molar-refractivity contribution in [3.63, 3.8) is 0 Å². The number of methoxy groups -OCH3 is 1. The lowest BCUT2D eigenvalue weighted by molar-refractivity contribution is -0.196. The van der Waals surface area contributed by atoms with Crippen LogP contribution < -0.4 is 0 Å². The first-order valence-electron chi connectivity index (χ1n) is 9.20. The van der Waals surface area contributed by atoms with Crippen molar-refractivity contribution in [2.24, 2.45) is 0 Å². The number of Topliss-reactive ketones (excluding diaryl/α,β-unsaturated/α-hetero) is 1. The quantitative estimate of drug-likeness (QED) is 0.286. The summed E-state index contributed by atoms with van der Waals surface area (Å²) in [6.45, 7) is 3.66. The third kappa shape index (κ3) is 7.40. The number of hydrogen-bond acceptors (Lipinski definition) is 5. The van der Waals surface area contributed by atoms with E-state index in [0.717, 1.165) is 51.0 Å². The molecule has 0 aromatic carbocycles. The van der Waals surface area contributed by atoms with Crippen LogP contribution in [-0.2, 0) is 19.1 Å². The summed E-state index contributed by atoms with van der Waals surface area (Å²) in [5.41, 5.74) is 0. The van der Waals surface area contributed by atoms with Gasteiger partial charge in [-0.25, -0.2) is 4.79 Å². The number of carbonyl (C=O) groups excluding carboxylic acids is 2. The van der Waals surface area contributed by atoms with Crippen molar-refractivity contribution in [1.82, 2.24) is 0 Å². The molecule has 1 aliphatic heterocycles. The van der Waals surface area contributed by atoms with Crippen molar-refractivity contribution in [2.75, 3.05) is 7.11 Å². The largest absolute Gasteiger partial charge is 0.494 e. The van der Waals surface area contributed by atoms with Gasteiger partial charge in [-0.15, -0.1) is 6.58 Å². The first-order valence-corrected chi connectivity index (χ1v) is 9.20. The molecule has 0 bridgehead atoms. The van der Waals surface area contributed by atoms with Crippen molar-refractivity contribution in [2.45, 2.75) is 63.6 Å². The minimum Gasteiger partial charge on any atom is -0.494 e. The summed E-state index contributed by atoms with van der Waals surface area (Å²) < 4.78 is 9.58. The van der Waals surface area contributed by atoms with Crippen LogP contribution in [0.4, 0.5) is 0 Å². The van der Waals surface area contributed by atoms with Crippen LogP contribution >= 0.6 is 0 Å². The molecule has 1 N–H and O–H groups in total. The molecule has 0 amide bonds. The number of cyclic esters (lactones) is 1. The number of rotatable bonds is 14. The Hall–Kier alpha value is -2.14. The van der Waals surface area contributed by atoms with Crippen LogP contribution in [0, 0.1) is 0 Å². The molecule has 0 saturated heterocycles. The van der Waals surface area contributed by atoms with E-state index < -0.39 is 17.5 Å². The smallest absolute Gasteiger partial charge is 0.337 e. The SMILES string of the molecule is C=CC/C=C\C/C=C\CCCCCCCC(=O)[C@@]1(O)OC(=O)C=C1OC. The molecule has 1 atom stereocenters. The van der Waals surface area contributed by atoms with E-state index in [9.17, 15) is 14.7 Å². The molecule has 1 aliphatic rings. The molecule has 0 fully saturated rings. The van der Waals surface area contributed by atoms with Crippen molar-refractivity contribution >= 4 is 11.8 Å². The Kier molecular flexibility index (Phi) is 10.3. The maximum atomic E-state index is 12.1. The Morgan fingerprint density at radius 2 is 1.81 bits per heavy atom. The normalized spacial score (nSPS) is 19.8. The Labute approximate surface area is 156 Å². The van der Waals surface area contributed by atoms with E-state index in [1.807, 2.05) is 6.08 Å². The predicted molar refractivity (Wildman–Crippen MR) is 101 cm³/mol. The molecule has 0 aliphatic carbocycles. The van der Waals surface area contributed by atoms with E-state index in [-0.39, 0.29) is 12.2 Å². The van der Waals surface area contributed by atoms with E-state index in [1.165, 1.54) is 7.11 Å². The molecule has 144 valence electrons. The van der Waals surface area contributed by atoms with Crippen LogP contribution in [-0.4, -0.2) is 29.8 Å². The zero-order valence-electron chi connectivity index (χ0n) is 15.6. The average Bonchev–Trinajstić information content (AvgIpc) is 2.93. The number of ketones is 1. The fourth-order valence-electron chi connectivity index (χ4n) is 2.65. The summed E-state index contributed by atoms with van der Waals surface area (Å²) in [4.78, 5) is 23.3. The van der Waals surface area contributed by atoms with Gasteiger partial charge in [-0.1, -0.05) is 49.6 Å². The predicted octanol–water partition coefficient (Wildman–Crippen LogP) is 4.14. The van der Waals surface area contributed by atoms with Crippen LogP contribution in [0.2, 0.25) is 0 Å². The number of hydrogen-bond donors (Lipinski definition) is 1. The van der Waals surface area contributed by atoms with E-state index in [4.69, 9.17) is 9.47 Å². The fourth-order valence-corrected chi connectivity index (χ4v) is 2.65. The van der Waals surface area contributed by atoms with Crippen molar-refractivity contribution in [1.29, 1.82) is 0 Å². The fraction of sp³-hybridized carbons (Fsp3) is 0.524. The number of allylic oxidation sites excluding steroid dienone is 5. The third-order valence-corrected chi connectivity index (χ3v) is 4.11. The lowest BCUT2D eigenvalue weighted by Gasteiger charge is -2.21. The second-order valence-corrected chi connectivity index (χ2v) is 6.21. The molecular weight excluding hydrogens is 332 g/mol. The molecule has 0 unspecified atom stereocenters. The molecule has 26 heavy (non-hydrogen) atoms. The van der Waals surface area contributed by atoms with Gasteiger partial charge in [0.05, 0.1) is 13.2 Å². The van der Waals surface area contributed by atoms with Gasteiger partial charge in [0.25, 0.3) is 0 Å². The summed E-state index contributed by atoms with van der Waals surface area (Å²) in [6, 6.07) is 0. The Morgan fingerprint density at radius 1 is 1.15 bits per heavy atom. The second kappa shape index (κ2) is 12.3. The van der Waals surface area contributed by atoms with Crippen molar-refractivity contribution in [3.8, 4) is 0 Å². The minimum atomic E-state index is -2.24. The van der Waals surface area contributed by atoms with E-state index >= 15 is 0 Å². The van der Waals surface area contributed by atoms with Crippen LogP contribution in [0.25, 0.3) is 0 Å². The van der Waals surface area contributed by atoms with Gasteiger partial charge >= 0.3 is 11.8 Å². The Balaban J connectivity index is 2.08. The summed E-state index contributed by atoms with van der Waals surface area (Å²) >= 11 is 0. The molecule has 0 aromatic heterocycles. The highest BCUT2D eigenvalue weighted by Crippen LogP contribution is 2.28. The third-order valence-electron chi connectivity index (χ3n) is 4.11. The first kappa shape index (κ1) is 21.9. The lowest BCUT2D eigenvalue weighted by Crippen LogP contribution is -2.41. The van der Waals surface area contributed by atoms with Gasteiger partial charge in [0, 0.05) is 6.42 Å². The number of carbonyl (C=O) groups is 2. The molecule has 5 nitrogen and oxygen atoms in total. The van der Waals surface area contributed by atoms with Gasteiger partial charge in [0.1, 0.15) is 0 Å². The first-order chi connectivity index (χ1) is 12.5. The van der Waals surface area contributed by atoms with Crippen LogP contribution in [0.3, 0.4) is 0 Å². The molecule has 5 heteroatoms. The number of ether oxygens (including phenoxy) is 2. The minimum absolute atomic E-state index is 0.140. The van der Waals surface area contributed by atoms with E-state index in [1.54, 1.807) is 0 Å². The summed E-state index contributed by atoms with van der Waals surface area (Å²) in [5.74, 6) is -3.68. The van der Waals surface area contributed by atoms with Gasteiger partial charge < -0.3 is 14.6 Å². The molecular formula is C21H30O5. The maximum absolute atomic E-state index is 12.1. The van der Waals surface area contributed by atoms with E-state index in [0.29, 0.717) is 6.42 Å². The van der Waals surface area contributed by atoms with Gasteiger partial charge in [0.2, 0.25) is 5.78 Å². The number of aliphatic hydroxyl groups is 1. The standard InChI is InChI=1S/C21H30O5/c1-3-4-5-6-7-8-9-10-11-12-13-14-15-16-18(22)21(24)19(25-2)17-20(23)26-21/h3,5-6,8-9,17,24H,1,4,7,10-16H2,2H3/b6-5-,9-8-/t21-/m1/s1. The van der Waals surface area contributed by atoms with Crippen LogP contribution in [0.5, 0.6) is 0 Å². The number of esters is 1. The summed E-state index contributed by atoms with van der Waals surface area (Å²) in [6.07, 6.45) is 19.4. The van der Waals surface area contributed by atoms with Gasteiger partial charge in [-0.3, -0.25) is 4.79 Å². The summed E-state index contributed by atoms with van der Waals surface area (Å²) in [5, 5.41) is 10.2.